The zero-order valence-electron chi connectivity index (χ0n) is 23.9. The van der Waals surface area contributed by atoms with Crippen LogP contribution in [-0.2, 0) is 15.0 Å². The Labute approximate surface area is 230 Å². The topological polar surface area (TPSA) is 97.1 Å². The molecule has 0 spiro atoms. The monoisotopic (exact) mass is 526 g/mol. The molecule has 1 unspecified atom stereocenters. The SMILES string of the molecule is CC(=O)CC(=O)Nc1ccc2nn(-c3cc(C(C)(C)CC(C)(C)C)cc(C(C)c4ccccc4)c3O)nc2c1. The van der Waals surface area contributed by atoms with Crippen molar-refractivity contribution in [2.45, 2.75) is 72.6 Å². The smallest absolute Gasteiger partial charge is 0.231 e. The normalized spacial score (nSPS) is 12.9. The third kappa shape index (κ3) is 6.53. The van der Waals surface area contributed by atoms with Crippen LogP contribution in [0.2, 0.25) is 0 Å². The number of nitrogens with one attached hydrogen (secondary N) is 1. The molecule has 7 heteroatoms. The van der Waals surface area contributed by atoms with E-state index < -0.39 is 0 Å². The summed E-state index contributed by atoms with van der Waals surface area (Å²) in [7, 11) is 0. The molecule has 1 aromatic heterocycles. The van der Waals surface area contributed by atoms with Gasteiger partial charge in [0.2, 0.25) is 5.91 Å². The van der Waals surface area contributed by atoms with Crippen molar-refractivity contribution in [3.05, 3.63) is 77.4 Å². The molecular weight excluding hydrogens is 488 g/mol. The number of aromatic hydroxyl groups is 1. The highest BCUT2D eigenvalue weighted by molar-refractivity contribution is 6.04. The van der Waals surface area contributed by atoms with E-state index in [1.54, 1.807) is 18.2 Å². The van der Waals surface area contributed by atoms with Gasteiger partial charge in [-0.1, -0.05) is 77.9 Å². The maximum atomic E-state index is 12.1. The highest BCUT2D eigenvalue weighted by Crippen LogP contribution is 2.42. The van der Waals surface area contributed by atoms with E-state index in [4.69, 9.17) is 0 Å². The molecule has 7 nitrogen and oxygen atoms in total. The second kappa shape index (κ2) is 10.6. The molecule has 0 aliphatic heterocycles. The lowest BCUT2D eigenvalue weighted by Gasteiger charge is -2.34. The number of carbonyl (C=O) groups is 2. The summed E-state index contributed by atoms with van der Waals surface area (Å²) in [4.78, 5) is 24.8. The fraction of sp³-hybridized carbons (Fsp3) is 0.375. The lowest BCUT2D eigenvalue weighted by molar-refractivity contribution is -0.124. The Hall–Kier alpha value is -4.00. The maximum absolute atomic E-state index is 12.1. The predicted molar refractivity (Wildman–Crippen MR) is 156 cm³/mol. The Balaban J connectivity index is 1.82. The maximum Gasteiger partial charge on any atom is 0.231 e. The van der Waals surface area contributed by atoms with Gasteiger partial charge in [-0.25, -0.2) is 0 Å². The summed E-state index contributed by atoms with van der Waals surface area (Å²) in [6, 6.07) is 19.4. The summed E-state index contributed by atoms with van der Waals surface area (Å²) >= 11 is 0. The van der Waals surface area contributed by atoms with Crippen molar-refractivity contribution < 1.29 is 14.7 Å². The zero-order valence-corrected chi connectivity index (χ0v) is 23.9. The number of nitrogens with zero attached hydrogens (tertiary/aromatic N) is 3. The molecule has 0 aliphatic carbocycles. The van der Waals surface area contributed by atoms with Crippen LogP contribution in [0, 0.1) is 5.41 Å². The second-order valence-corrected chi connectivity index (χ2v) is 12.3. The van der Waals surface area contributed by atoms with Crippen LogP contribution in [0.15, 0.2) is 60.7 Å². The fourth-order valence-corrected chi connectivity index (χ4v) is 5.39. The zero-order chi connectivity index (χ0) is 28.5. The Kier molecular flexibility index (Phi) is 7.64. The van der Waals surface area contributed by atoms with E-state index in [9.17, 15) is 14.7 Å². The number of phenols is 1. The molecular formula is C32H38N4O3. The fourth-order valence-electron chi connectivity index (χ4n) is 5.39. The predicted octanol–water partition coefficient (Wildman–Crippen LogP) is 6.91. The van der Waals surface area contributed by atoms with Crippen LogP contribution in [-0.4, -0.2) is 31.8 Å². The lowest BCUT2D eigenvalue weighted by Crippen LogP contribution is -2.25. The number of Topliss-reactive ketones (excluding diaryl/α,β-unsaturated/α-hetero) is 1. The van der Waals surface area contributed by atoms with Gasteiger partial charge in [0.25, 0.3) is 0 Å². The number of hydrogen-bond acceptors (Lipinski definition) is 5. The first-order chi connectivity index (χ1) is 18.2. The number of benzene rings is 3. The van der Waals surface area contributed by atoms with Gasteiger partial charge < -0.3 is 10.4 Å². The van der Waals surface area contributed by atoms with Crippen LogP contribution in [0.4, 0.5) is 5.69 Å². The van der Waals surface area contributed by atoms with Gasteiger partial charge in [-0.2, -0.15) is 0 Å². The molecule has 1 heterocycles. The molecule has 4 aromatic rings. The number of amides is 1. The van der Waals surface area contributed by atoms with Gasteiger partial charge in [0, 0.05) is 17.2 Å². The minimum absolute atomic E-state index is 0.0524. The number of aromatic nitrogens is 3. The van der Waals surface area contributed by atoms with Gasteiger partial charge >= 0.3 is 0 Å². The van der Waals surface area contributed by atoms with Crippen molar-refractivity contribution in [3.8, 4) is 11.4 Å². The molecule has 3 aromatic carbocycles. The molecule has 0 saturated carbocycles. The molecule has 4 rings (SSSR count). The Morgan fingerprint density at radius 3 is 2.26 bits per heavy atom. The Bertz CT molecular complexity index is 1510. The van der Waals surface area contributed by atoms with Crippen molar-refractivity contribution in [2.24, 2.45) is 5.41 Å². The third-order valence-electron chi connectivity index (χ3n) is 6.93. The molecule has 0 fully saturated rings. The molecule has 1 amide bonds. The van der Waals surface area contributed by atoms with Crippen molar-refractivity contribution >= 4 is 28.4 Å². The largest absolute Gasteiger partial charge is 0.505 e. The van der Waals surface area contributed by atoms with Crippen LogP contribution in [0.25, 0.3) is 16.7 Å². The highest BCUT2D eigenvalue weighted by Gasteiger charge is 2.30. The van der Waals surface area contributed by atoms with Crippen LogP contribution in [0.1, 0.15) is 83.9 Å². The van der Waals surface area contributed by atoms with Gasteiger partial charge in [-0.05, 0) is 59.6 Å². The van der Waals surface area contributed by atoms with E-state index in [0.29, 0.717) is 22.4 Å². The average molecular weight is 527 g/mol. The summed E-state index contributed by atoms with van der Waals surface area (Å²) in [5, 5.41) is 23.7. The van der Waals surface area contributed by atoms with Gasteiger partial charge in [0.15, 0.2) is 0 Å². The van der Waals surface area contributed by atoms with Crippen LogP contribution in [0.3, 0.4) is 0 Å². The van der Waals surface area contributed by atoms with Crippen LogP contribution in [0.5, 0.6) is 5.75 Å². The highest BCUT2D eigenvalue weighted by atomic mass is 16.3. The average Bonchev–Trinajstić information content (AvgIpc) is 3.25. The van der Waals surface area contributed by atoms with E-state index in [0.717, 1.165) is 23.1 Å². The number of carbonyl (C=O) groups excluding carboxylic acids is 2. The van der Waals surface area contributed by atoms with Crippen molar-refractivity contribution in [3.63, 3.8) is 0 Å². The second-order valence-electron chi connectivity index (χ2n) is 12.3. The van der Waals surface area contributed by atoms with E-state index in [2.05, 4.69) is 75.3 Å². The van der Waals surface area contributed by atoms with E-state index in [-0.39, 0.29) is 40.6 Å². The number of phenolic OH excluding ortho intramolecular Hbond substituents is 1. The Morgan fingerprint density at radius 1 is 0.949 bits per heavy atom. The summed E-state index contributed by atoms with van der Waals surface area (Å²) in [6.45, 7) is 14.6. The van der Waals surface area contributed by atoms with Gasteiger partial charge in [0.1, 0.15) is 28.3 Å². The van der Waals surface area contributed by atoms with Gasteiger partial charge in [-0.15, -0.1) is 15.0 Å². The summed E-state index contributed by atoms with van der Waals surface area (Å²) in [5.41, 5.74) is 5.17. The quantitative estimate of drug-likeness (QED) is 0.243. The van der Waals surface area contributed by atoms with Crippen molar-refractivity contribution in [2.75, 3.05) is 5.32 Å². The van der Waals surface area contributed by atoms with E-state index >= 15 is 0 Å². The van der Waals surface area contributed by atoms with Gasteiger partial charge in [0.05, 0.1) is 6.42 Å². The minimum atomic E-state index is -0.375. The standard InChI is InChI=1S/C32H38N4O3/c1-20(37)15-29(38)33-24-13-14-26-27(18-24)35-36(34-26)28-17-23(32(6,7)19-31(3,4)5)16-25(30(28)39)21(2)22-11-9-8-10-12-22/h8-14,16-18,21,39H,15,19H2,1-7H3,(H,33,38). The molecule has 0 aliphatic rings. The summed E-state index contributed by atoms with van der Waals surface area (Å²) < 4.78 is 0. The van der Waals surface area contributed by atoms with Crippen LogP contribution >= 0.6 is 0 Å². The first kappa shape index (κ1) is 28.0. The first-order valence-electron chi connectivity index (χ1n) is 13.3. The minimum Gasteiger partial charge on any atom is -0.505 e. The van der Waals surface area contributed by atoms with Crippen molar-refractivity contribution in [1.29, 1.82) is 0 Å². The van der Waals surface area contributed by atoms with E-state index in [1.165, 1.54) is 11.7 Å². The third-order valence-corrected chi connectivity index (χ3v) is 6.93. The van der Waals surface area contributed by atoms with Gasteiger partial charge in [-0.3, -0.25) is 9.59 Å². The number of hydrogen-bond donors (Lipinski definition) is 2. The number of ketones is 1. The number of fused-ring (bicyclic) bond motifs is 1. The van der Waals surface area contributed by atoms with E-state index in [1.807, 2.05) is 24.3 Å². The van der Waals surface area contributed by atoms with Crippen LogP contribution < -0.4 is 5.32 Å². The molecule has 1 atom stereocenters. The summed E-state index contributed by atoms with van der Waals surface area (Å²) in [5.74, 6) is -0.495. The summed E-state index contributed by atoms with van der Waals surface area (Å²) in [6.07, 6.45) is 0.763. The molecule has 39 heavy (non-hydrogen) atoms. The first-order valence-corrected chi connectivity index (χ1v) is 13.3. The molecule has 0 saturated heterocycles. The Morgan fingerprint density at radius 2 is 1.62 bits per heavy atom. The number of anilines is 1. The molecule has 2 N–H and O–H groups in total. The molecule has 204 valence electrons. The lowest BCUT2D eigenvalue weighted by atomic mass is 9.71. The van der Waals surface area contributed by atoms with Crippen molar-refractivity contribution in [1.82, 2.24) is 15.0 Å². The molecule has 0 radical (unpaired) electrons. The number of rotatable bonds is 8. The molecule has 0 bridgehead atoms.